The lowest BCUT2D eigenvalue weighted by Gasteiger charge is -2.01. The summed E-state index contributed by atoms with van der Waals surface area (Å²) in [6, 6.07) is 5.97. The van der Waals surface area contributed by atoms with Crippen LogP contribution in [0.15, 0.2) is 22.7 Å². The maximum atomic E-state index is 11.1. The molecular weight excluding hydrogens is 411 g/mol. The van der Waals surface area contributed by atoms with Crippen LogP contribution in [0.1, 0.15) is 5.56 Å². The Labute approximate surface area is 108 Å². The number of ketones is 1. The quantitative estimate of drug-likeness (QED) is 0.543. The van der Waals surface area contributed by atoms with E-state index in [1.54, 1.807) is 0 Å². The number of carbonyl (C=O) groups is 1. The third-order valence-electron chi connectivity index (χ3n) is 1.53. The van der Waals surface area contributed by atoms with Crippen LogP contribution in [0.25, 0.3) is 0 Å². The van der Waals surface area contributed by atoms with E-state index in [-0.39, 0.29) is 5.78 Å². The van der Waals surface area contributed by atoms with E-state index in [1.807, 2.05) is 18.2 Å². The molecule has 0 amide bonds. The molecule has 0 radical (unpaired) electrons. The van der Waals surface area contributed by atoms with E-state index >= 15 is 0 Å². The molecule has 4 heteroatoms. The van der Waals surface area contributed by atoms with Gasteiger partial charge in [-0.05, 0) is 56.2 Å². The molecule has 0 bridgehead atoms. The highest BCUT2D eigenvalue weighted by molar-refractivity contribution is 14.1. The number of rotatable bonds is 3. The van der Waals surface area contributed by atoms with Crippen molar-refractivity contribution in [3.63, 3.8) is 0 Å². The van der Waals surface area contributed by atoms with E-state index in [2.05, 4.69) is 54.5 Å². The average molecular weight is 418 g/mol. The molecular formula is C9H7Br2IO. The minimum absolute atomic E-state index is 0.202. The predicted molar refractivity (Wildman–Crippen MR) is 69.4 cm³/mol. The maximum absolute atomic E-state index is 11.1. The van der Waals surface area contributed by atoms with Crippen LogP contribution in [-0.4, -0.2) is 11.1 Å². The number of hydrogen-bond acceptors (Lipinski definition) is 1. The van der Waals surface area contributed by atoms with Crippen LogP contribution < -0.4 is 0 Å². The van der Waals surface area contributed by atoms with Gasteiger partial charge in [0.2, 0.25) is 0 Å². The van der Waals surface area contributed by atoms with Crippen LogP contribution >= 0.6 is 54.5 Å². The van der Waals surface area contributed by atoms with Gasteiger partial charge >= 0.3 is 0 Å². The number of carbonyl (C=O) groups excluding carboxylic acids is 1. The minimum Gasteiger partial charge on any atom is -0.298 e. The van der Waals surface area contributed by atoms with E-state index in [0.717, 1.165) is 13.6 Å². The number of benzene rings is 1. The first-order valence-corrected chi connectivity index (χ1v) is 6.64. The van der Waals surface area contributed by atoms with Gasteiger partial charge in [0.05, 0.1) is 5.33 Å². The summed E-state index contributed by atoms with van der Waals surface area (Å²) in [7, 11) is 0. The first kappa shape index (κ1) is 11.7. The molecule has 0 unspecified atom stereocenters. The van der Waals surface area contributed by atoms with Crippen molar-refractivity contribution >= 4 is 60.2 Å². The van der Waals surface area contributed by atoms with Crippen LogP contribution in [0, 0.1) is 3.57 Å². The van der Waals surface area contributed by atoms with Crippen molar-refractivity contribution in [3.8, 4) is 0 Å². The lowest BCUT2D eigenvalue weighted by Crippen LogP contribution is -2.03. The highest BCUT2D eigenvalue weighted by Gasteiger charge is 2.03. The van der Waals surface area contributed by atoms with E-state index in [0.29, 0.717) is 11.8 Å². The van der Waals surface area contributed by atoms with Crippen molar-refractivity contribution in [3.05, 3.63) is 31.8 Å². The summed E-state index contributed by atoms with van der Waals surface area (Å²) in [5, 5.41) is 0.427. The smallest absolute Gasteiger partial charge is 0.147 e. The second-order valence-corrected chi connectivity index (χ2v) is 5.17. The largest absolute Gasteiger partial charge is 0.298 e. The molecule has 1 rings (SSSR count). The fraction of sp³-hybridized carbons (Fsp3) is 0.222. The summed E-state index contributed by atoms with van der Waals surface area (Å²) in [4.78, 5) is 11.1. The summed E-state index contributed by atoms with van der Waals surface area (Å²) in [6.07, 6.45) is 0.501. The van der Waals surface area contributed by atoms with Gasteiger partial charge in [0.15, 0.2) is 0 Å². The standard InChI is InChI=1S/C9H7Br2IO/c10-5-7(13)3-6-1-2-9(12)8(11)4-6/h1-2,4H,3,5H2. The number of Topliss-reactive ketones (excluding diaryl/α,β-unsaturated/α-hetero) is 1. The zero-order chi connectivity index (χ0) is 9.84. The molecule has 1 aromatic carbocycles. The number of alkyl halides is 1. The molecule has 0 heterocycles. The van der Waals surface area contributed by atoms with Crippen molar-refractivity contribution < 1.29 is 4.79 Å². The van der Waals surface area contributed by atoms with Gasteiger partial charge in [-0.2, -0.15) is 0 Å². The normalized spacial score (nSPS) is 10.1. The van der Waals surface area contributed by atoms with Gasteiger partial charge in [-0.1, -0.05) is 22.0 Å². The molecule has 0 N–H and O–H groups in total. The van der Waals surface area contributed by atoms with Gasteiger partial charge in [0.1, 0.15) is 5.78 Å². The SMILES string of the molecule is O=C(CBr)Cc1ccc(I)c(Br)c1. The Morgan fingerprint density at radius 3 is 2.69 bits per heavy atom. The molecule has 0 fully saturated rings. The second-order valence-electron chi connectivity index (χ2n) is 2.60. The Hall–Kier alpha value is 0.580. The summed E-state index contributed by atoms with van der Waals surface area (Å²) in [5.74, 6) is 0.202. The maximum Gasteiger partial charge on any atom is 0.147 e. The average Bonchev–Trinajstić information content (AvgIpc) is 2.11. The fourth-order valence-electron chi connectivity index (χ4n) is 0.925. The molecule has 1 aromatic rings. The Kier molecular flexibility index (Phi) is 4.89. The summed E-state index contributed by atoms with van der Waals surface area (Å²) in [6.45, 7) is 0. The second kappa shape index (κ2) is 5.46. The van der Waals surface area contributed by atoms with Gasteiger partial charge in [0.25, 0.3) is 0 Å². The van der Waals surface area contributed by atoms with Gasteiger partial charge in [-0.25, -0.2) is 0 Å². The third kappa shape index (κ3) is 3.67. The van der Waals surface area contributed by atoms with Crippen LogP contribution in [0.5, 0.6) is 0 Å². The number of halogens is 3. The van der Waals surface area contributed by atoms with E-state index in [9.17, 15) is 4.79 Å². The topological polar surface area (TPSA) is 17.1 Å². The molecule has 0 spiro atoms. The molecule has 0 aliphatic carbocycles. The van der Waals surface area contributed by atoms with Crippen molar-refractivity contribution in [1.29, 1.82) is 0 Å². The molecule has 13 heavy (non-hydrogen) atoms. The van der Waals surface area contributed by atoms with Crippen LogP contribution in [-0.2, 0) is 11.2 Å². The Morgan fingerprint density at radius 1 is 1.46 bits per heavy atom. The lowest BCUT2D eigenvalue weighted by atomic mass is 10.1. The molecule has 70 valence electrons. The van der Waals surface area contributed by atoms with E-state index < -0.39 is 0 Å². The Bertz CT molecular complexity index is 325. The van der Waals surface area contributed by atoms with Crippen LogP contribution in [0.3, 0.4) is 0 Å². The van der Waals surface area contributed by atoms with Crippen molar-refractivity contribution in [1.82, 2.24) is 0 Å². The third-order valence-corrected chi connectivity index (χ3v) is 4.50. The Morgan fingerprint density at radius 2 is 2.15 bits per heavy atom. The molecule has 1 nitrogen and oxygen atoms in total. The predicted octanol–water partition coefficient (Wildman–Crippen LogP) is 3.56. The highest BCUT2D eigenvalue weighted by Crippen LogP contribution is 2.20. The van der Waals surface area contributed by atoms with Gasteiger partial charge in [-0.3, -0.25) is 4.79 Å². The minimum atomic E-state index is 0.202. The fourth-order valence-corrected chi connectivity index (χ4v) is 1.88. The van der Waals surface area contributed by atoms with Gasteiger partial charge < -0.3 is 0 Å². The van der Waals surface area contributed by atoms with Gasteiger partial charge in [0, 0.05) is 14.5 Å². The molecule has 0 aliphatic heterocycles. The lowest BCUT2D eigenvalue weighted by molar-refractivity contribution is -0.115. The summed E-state index contributed by atoms with van der Waals surface area (Å²) < 4.78 is 2.21. The van der Waals surface area contributed by atoms with Crippen LogP contribution in [0.4, 0.5) is 0 Å². The molecule has 0 aromatic heterocycles. The molecule has 0 saturated carbocycles. The van der Waals surface area contributed by atoms with Crippen molar-refractivity contribution in [2.75, 3.05) is 5.33 Å². The number of hydrogen-bond donors (Lipinski definition) is 0. The molecule has 0 saturated heterocycles. The van der Waals surface area contributed by atoms with Crippen molar-refractivity contribution in [2.24, 2.45) is 0 Å². The van der Waals surface area contributed by atoms with E-state index in [1.165, 1.54) is 0 Å². The zero-order valence-electron chi connectivity index (χ0n) is 6.69. The highest BCUT2D eigenvalue weighted by atomic mass is 127. The van der Waals surface area contributed by atoms with Gasteiger partial charge in [-0.15, -0.1) is 0 Å². The molecule has 0 atom stereocenters. The monoisotopic (exact) mass is 416 g/mol. The van der Waals surface area contributed by atoms with Crippen molar-refractivity contribution in [2.45, 2.75) is 6.42 Å². The summed E-state index contributed by atoms with van der Waals surface area (Å²) >= 11 is 8.81. The summed E-state index contributed by atoms with van der Waals surface area (Å²) in [5.41, 5.74) is 1.05. The van der Waals surface area contributed by atoms with Crippen LogP contribution in [0.2, 0.25) is 0 Å². The molecule has 0 aliphatic rings. The first-order chi connectivity index (χ1) is 6.13. The zero-order valence-corrected chi connectivity index (χ0v) is 12.0. The Balaban J connectivity index is 2.79. The first-order valence-electron chi connectivity index (χ1n) is 3.65. The van der Waals surface area contributed by atoms with E-state index in [4.69, 9.17) is 0 Å².